The van der Waals surface area contributed by atoms with Gasteiger partial charge < -0.3 is 9.42 Å². The lowest BCUT2D eigenvalue weighted by molar-refractivity contribution is 0.292. The lowest BCUT2D eigenvalue weighted by Gasteiger charge is -2.21. The molecule has 3 aliphatic rings. The van der Waals surface area contributed by atoms with Gasteiger partial charge in [0.25, 0.3) is 0 Å². The molecule has 3 fully saturated rings. The molecule has 2 unspecified atom stereocenters. The minimum Gasteiger partial charge on any atom is -0.356 e. The minimum absolute atomic E-state index is 0.644. The smallest absolute Gasteiger partial charge is 0.223 e. The highest BCUT2D eigenvalue weighted by atomic mass is 16.5. The van der Waals surface area contributed by atoms with Gasteiger partial charge in [0.15, 0.2) is 5.82 Å². The van der Waals surface area contributed by atoms with Gasteiger partial charge in [0, 0.05) is 50.8 Å². The molecule has 5 rings (SSSR count). The lowest BCUT2D eigenvalue weighted by atomic mass is 10.0. The summed E-state index contributed by atoms with van der Waals surface area (Å²) in [6, 6.07) is 2.21. The van der Waals surface area contributed by atoms with Crippen LogP contribution in [0.25, 0.3) is 0 Å². The van der Waals surface area contributed by atoms with E-state index >= 15 is 0 Å². The van der Waals surface area contributed by atoms with Crippen LogP contribution in [-0.2, 0) is 6.54 Å². The molecule has 0 bridgehead atoms. The van der Waals surface area contributed by atoms with E-state index in [9.17, 15) is 0 Å². The Morgan fingerprint density at radius 3 is 2.58 bits per heavy atom. The number of anilines is 1. The molecule has 1 aliphatic carbocycles. The van der Waals surface area contributed by atoms with Crippen LogP contribution in [0, 0.1) is 18.8 Å². The molecule has 1 saturated carbocycles. The van der Waals surface area contributed by atoms with E-state index in [4.69, 9.17) is 4.52 Å². The number of fused-ring (bicyclic) bond motifs is 1. The van der Waals surface area contributed by atoms with Gasteiger partial charge >= 0.3 is 0 Å². The second kappa shape index (κ2) is 5.51. The molecule has 7 nitrogen and oxygen atoms in total. The van der Waals surface area contributed by atoms with Gasteiger partial charge in [-0.2, -0.15) is 4.98 Å². The zero-order valence-electron chi connectivity index (χ0n) is 13.9. The summed E-state index contributed by atoms with van der Waals surface area (Å²) in [5.74, 6) is 4.65. The highest BCUT2D eigenvalue weighted by Crippen LogP contribution is 2.40. The molecule has 2 aliphatic heterocycles. The van der Waals surface area contributed by atoms with Gasteiger partial charge in [-0.3, -0.25) is 4.90 Å². The average molecular weight is 326 g/mol. The quantitative estimate of drug-likeness (QED) is 0.845. The van der Waals surface area contributed by atoms with E-state index in [0.29, 0.717) is 23.6 Å². The van der Waals surface area contributed by atoms with Crippen molar-refractivity contribution in [2.75, 3.05) is 31.1 Å². The molecule has 7 heteroatoms. The summed E-state index contributed by atoms with van der Waals surface area (Å²) in [5.41, 5.74) is 1.23. The van der Waals surface area contributed by atoms with Gasteiger partial charge in [-0.25, -0.2) is 9.97 Å². The molecule has 0 spiro atoms. The largest absolute Gasteiger partial charge is 0.356 e. The molecule has 0 amide bonds. The Balaban J connectivity index is 1.22. The van der Waals surface area contributed by atoms with Gasteiger partial charge in [-0.1, -0.05) is 5.16 Å². The Bertz CT molecular complexity index is 728. The Labute approximate surface area is 141 Å². The van der Waals surface area contributed by atoms with Crippen LogP contribution < -0.4 is 4.90 Å². The fourth-order valence-electron chi connectivity index (χ4n) is 4.15. The molecular weight excluding hydrogens is 304 g/mol. The Hall–Kier alpha value is -2.02. The molecule has 2 saturated heterocycles. The van der Waals surface area contributed by atoms with Crippen LogP contribution in [0.5, 0.6) is 0 Å². The first-order valence-electron chi connectivity index (χ1n) is 8.83. The van der Waals surface area contributed by atoms with E-state index in [1.165, 1.54) is 18.5 Å². The van der Waals surface area contributed by atoms with E-state index in [2.05, 4.69) is 36.0 Å². The normalized spacial score (nSPS) is 27.0. The minimum atomic E-state index is 0.644. The number of aryl methyl sites for hydroxylation is 1. The molecular formula is C17H22N6O. The number of hydrogen-bond donors (Lipinski definition) is 0. The van der Waals surface area contributed by atoms with Crippen molar-refractivity contribution in [2.24, 2.45) is 11.8 Å². The molecule has 4 heterocycles. The number of rotatable bonds is 4. The van der Waals surface area contributed by atoms with Gasteiger partial charge in [0.05, 0.1) is 6.54 Å². The summed E-state index contributed by atoms with van der Waals surface area (Å²) in [6.07, 6.45) is 4.31. The monoisotopic (exact) mass is 326 g/mol. The Kier molecular flexibility index (Phi) is 3.29. The SMILES string of the molecule is Cc1nc(CN2CC3CN(c4cc(C5CC5)ncn4)CC3C2)no1. The predicted molar refractivity (Wildman–Crippen MR) is 87.5 cm³/mol. The molecule has 0 radical (unpaired) electrons. The molecule has 24 heavy (non-hydrogen) atoms. The van der Waals surface area contributed by atoms with Crippen molar-refractivity contribution in [3.05, 3.63) is 29.8 Å². The topological polar surface area (TPSA) is 71.2 Å². The highest BCUT2D eigenvalue weighted by Gasteiger charge is 2.40. The van der Waals surface area contributed by atoms with Gasteiger partial charge in [-0.05, 0) is 24.7 Å². The molecule has 2 aromatic heterocycles. The van der Waals surface area contributed by atoms with Crippen molar-refractivity contribution < 1.29 is 4.52 Å². The third kappa shape index (κ3) is 2.66. The third-order valence-electron chi connectivity index (χ3n) is 5.49. The highest BCUT2D eigenvalue weighted by molar-refractivity contribution is 5.42. The van der Waals surface area contributed by atoms with Gasteiger partial charge in [0.2, 0.25) is 5.89 Å². The Morgan fingerprint density at radius 2 is 1.92 bits per heavy atom. The number of nitrogens with zero attached hydrogens (tertiary/aromatic N) is 6. The van der Waals surface area contributed by atoms with Crippen LogP contribution in [0.1, 0.15) is 36.2 Å². The van der Waals surface area contributed by atoms with Gasteiger partial charge in [-0.15, -0.1) is 0 Å². The zero-order valence-corrected chi connectivity index (χ0v) is 13.9. The molecule has 0 N–H and O–H groups in total. The van der Waals surface area contributed by atoms with Crippen molar-refractivity contribution in [1.29, 1.82) is 0 Å². The van der Waals surface area contributed by atoms with Crippen LogP contribution in [0.3, 0.4) is 0 Å². The van der Waals surface area contributed by atoms with E-state index in [-0.39, 0.29) is 0 Å². The van der Waals surface area contributed by atoms with E-state index in [0.717, 1.165) is 44.4 Å². The summed E-state index contributed by atoms with van der Waals surface area (Å²) in [5, 5.41) is 4.01. The van der Waals surface area contributed by atoms with Crippen LogP contribution in [0.15, 0.2) is 16.9 Å². The first kappa shape index (κ1) is 14.3. The second-order valence-electron chi connectivity index (χ2n) is 7.42. The fraction of sp³-hybridized carbons (Fsp3) is 0.647. The van der Waals surface area contributed by atoms with E-state index in [1.807, 2.05) is 6.92 Å². The standard InChI is InChI=1S/C17H22N6O/c1-11-20-16(21-24-11)9-22-5-13-7-23(8-14(13)6-22)17-4-15(12-2-3-12)18-10-19-17/h4,10,12-14H,2-3,5-9H2,1H3. The molecule has 0 aromatic carbocycles. The summed E-state index contributed by atoms with van der Waals surface area (Å²) >= 11 is 0. The summed E-state index contributed by atoms with van der Waals surface area (Å²) < 4.78 is 5.07. The maximum Gasteiger partial charge on any atom is 0.223 e. The van der Waals surface area contributed by atoms with Crippen LogP contribution in [0.2, 0.25) is 0 Å². The van der Waals surface area contributed by atoms with E-state index < -0.39 is 0 Å². The first-order chi connectivity index (χ1) is 11.7. The van der Waals surface area contributed by atoms with Crippen LogP contribution in [-0.4, -0.2) is 51.2 Å². The first-order valence-corrected chi connectivity index (χ1v) is 8.83. The maximum absolute atomic E-state index is 5.07. The maximum atomic E-state index is 5.07. The van der Waals surface area contributed by atoms with Crippen LogP contribution in [0.4, 0.5) is 5.82 Å². The van der Waals surface area contributed by atoms with Crippen molar-refractivity contribution in [1.82, 2.24) is 25.0 Å². The van der Waals surface area contributed by atoms with Crippen LogP contribution >= 0.6 is 0 Å². The summed E-state index contributed by atoms with van der Waals surface area (Å²) in [4.78, 5) is 18.2. The number of likely N-dealkylation sites (tertiary alicyclic amines) is 1. The van der Waals surface area contributed by atoms with Crippen molar-refractivity contribution in [3.63, 3.8) is 0 Å². The van der Waals surface area contributed by atoms with Crippen molar-refractivity contribution in [3.8, 4) is 0 Å². The van der Waals surface area contributed by atoms with Crippen molar-refractivity contribution >= 4 is 5.82 Å². The zero-order chi connectivity index (χ0) is 16.1. The second-order valence-corrected chi connectivity index (χ2v) is 7.42. The predicted octanol–water partition coefficient (Wildman–Crippen LogP) is 1.61. The molecule has 2 atom stereocenters. The summed E-state index contributed by atoms with van der Waals surface area (Å²) in [7, 11) is 0. The average Bonchev–Trinajstić information content (AvgIpc) is 3.09. The number of aromatic nitrogens is 4. The summed E-state index contributed by atoms with van der Waals surface area (Å²) in [6.45, 7) is 7.03. The lowest BCUT2D eigenvalue weighted by Crippen LogP contribution is -2.29. The third-order valence-corrected chi connectivity index (χ3v) is 5.49. The van der Waals surface area contributed by atoms with E-state index in [1.54, 1.807) is 6.33 Å². The van der Waals surface area contributed by atoms with Gasteiger partial charge in [0.1, 0.15) is 12.1 Å². The molecule has 2 aromatic rings. The fourth-order valence-corrected chi connectivity index (χ4v) is 4.15. The number of hydrogen-bond acceptors (Lipinski definition) is 7. The Morgan fingerprint density at radius 1 is 1.12 bits per heavy atom. The molecule has 126 valence electrons. The van der Waals surface area contributed by atoms with Crippen molar-refractivity contribution in [2.45, 2.75) is 32.2 Å².